The van der Waals surface area contributed by atoms with Gasteiger partial charge in [0.1, 0.15) is 0 Å². The molecule has 1 fully saturated rings. The maximum Gasteiger partial charge on any atom is 0.253 e. The molecule has 0 atom stereocenters. The fraction of sp³-hybridized carbons (Fsp3) is 0.350. The number of nitrogens with one attached hydrogen (secondary N) is 2. The van der Waals surface area contributed by atoms with E-state index >= 15 is 0 Å². The van der Waals surface area contributed by atoms with Gasteiger partial charge < -0.3 is 15.2 Å². The number of rotatable bonds is 5. The molecule has 0 radical (unpaired) electrons. The maximum atomic E-state index is 12.5. The number of hydrogen-bond donors (Lipinski definition) is 2. The van der Waals surface area contributed by atoms with E-state index in [-0.39, 0.29) is 23.9 Å². The fourth-order valence-corrected chi connectivity index (χ4v) is 3.27. The van der Waals surface area contributed by atoms with Crippen molar-refractivity contribution in [2.75, 3.05) is 6.54 Å². The Labute approximate surface area is 152 Å². The molecule has 0 spiro atoms. The number of carbonyl (C=O) groups excluding carboxylic acids is 2. The third-order valence-corrected chi connectivity index (χ3v) is 4.65. The van der Waals surface area contributed by atoms with Gasteiger partial charge in [-0.2, -0.15) is 0 Å². The van der Waals surface area contributed by atoms with E-state index < -0.39 is 0 Å². The number of likely N-dealkylation sites (tertiary alicyclic amines) is 1. The molecule has 1 aliphatic heterocycles. The van der Waals surface area contributed by atoms with E-state index in [0.29, 0.717) is 24.1 Å². The van der Waals surface area contributed by atoms with Crippen LogP contribution in [-0.4, -0.2) is 28.2 Å². The molecule has 0 bridgehead atoms. The highest BCUT2D eigenvalue weighted by atomic mass is 16.2. The minimum Gasteiger partial charge on any atom is -0.348 e. The van der Waals surface area contributed by atoms with Crippen molar-refractivity contribution >= 4 is 11.8 Å². The molecule has 0 aliphatic carbocycles. The van der Waals surface area contributed by atoms with Gasteiger partial charge in [-0.25, -0.2) is 0 Å². The quantitative estimate of drug-likeness (QED) is 0.863. The molecule has 6 heteroatoms. The van der Waals surface area contributed by atoms with Crippen LogP contribution in [0.1, 0.15) is 45.6 Å². The van der Waals surface area contributed by atoms with Crippen LogP contribution in [0.5, 0.6) is 0 Å². The predicted molar refractivity (Wildman–Crippen MR) is 98.8 cm³/mol. The first kappa shape index (κ1) is 17.9. The number of nitrogens with zero attached hydrogens (tertiary/aromatic N) is 1. The molecule has 2 heterocycles. The zero-order valence-corrected chi connectivity index (χ0v) is 15.1. The van der Waals surface area contributed by atoms with Crippen LogP contribution in [0.25, 0.3) is 0 Å². The summed E-state index contributed by atoms with van der Waals surface area (Å²) in [4.78, 5) is 40.8. The summed E-state index contributed by atoms with van der Waals surface area (Å²) in [5.41, 5.74) is 3.49. The Hall–Kier alpha value is -2.89. The molecule has 2 N–H and O–H groups in total. The SMILES string of the molecule is Cc1cc(C)c(CNC(=O)c2cccc(CN3CCCC3=O)c2)c(=O)[nH]1. The van der Waals surface area contributed by atoms with E-state index in [1.807, 2.05) is 36.9 Å². The van der Waals surface area contributed by atoms with Gasteiger partial charge in [0.2, 0.25) is 5.91 Å². The number of amides is 2. The molecule has 1 aromatic heterocycles. The first-order chi connectivity index (χ1) is 12.4. The molecule has 0 saturated carbocycles. The summed E-state index contributed by atoms with van der Waals surface area (Å²) >= 11 is 0. The van der Waals surface area contributed by atoms with Gasteiger partial charge in [-0.3, -0.25) is 14.4 Å². The second-order valence-corrected chi connectivity index (χ2v) is 6.74. The lowest BCUT2D eigenvalue weighted by molar-refractivity contribution is -0.128. The van der Waals surface area contributed by atoms with Gasteiger partial charge in [0.25, 0.3) is 11.5 Å². The summed E-state index contributed by atoms with van der Waals surface area (Å²) < 4.78 is 0. The second-order valence-electron chi connectivity index (χ2n) is 6.74. The van der Waals surface area contributed by atoms with Crippen LogP contribution in [0.3, 0.4) is 0 Å². The third-order valence-electron chi connectivity index (χ3n) is 4.65. The van der Waals surface area contributed by atoms with E-state index in [9.17, 15) is 14.4 Å². The van der Waals surface area contributed by atoms with Crippen LogP contribution in [0.15, 0.2) is 35.1 Å². The topological polar surface area (TPSA) is 82.3 Å². The molecular formula is C20H23N3O3. The second kappa shape index (κ2) is 7.56. The van der Waals surface area contributed by atoms with Gasteiger partial charge in [-0.15, -0.1) is 0 Å². The van der Waals surface area contributed by atoms with Crippen LogP contribution in [0.2, 0.25) is 0 Å². The van der Waals surface area contributed by atoms with Gasteiger partial charge >= 0.3 is 0 Å². The lowest BCUT2D eigenvalue weighted by atomic mass is 10.1. The Morgan fingerprint density at radius 2 is 2.04 bits per heavy atom. The largest absolute Gasteiger partial charge is 0.348 e. The van der Waals surface area contributed by atoms with Crippen LogP contribution in [0.4, 0.5) is 0 Å². The summed E-state index contributed by atoms with van der Waals surface area (Å²) in [5, 5.41) is 2.81. The molecular weight excluding hydrogens is 330 g/mol. The molecule has 26 heavy (non-hydrogen) atoms. The zero-order chi connectivity index (χ0) is 18.7. The Kier molecular flexibility index (Phi) is 5.21. The Morgan fingerprint density at radius 1 is 1.23 bits per heavy atom. The van der Waals surface area contributed by atoms with Gasteiger partial charge in [0.15, 0.2) is 0 Å². The first-order valence-electron chi connectivity index (χ1n) is 8.78. The minimum absolute atomic E-state index is 0.161. The summed E-state index contributed by atoms with van der Waals surface area (Å²) in [5.74, 6) is -0.0760. The predicted octanol–water partition coefficient (Wildman–Crippen LogP) is 2.04. The van der Waals surface area contributed by atoms with Gasteiger partial charge in [-0.1, -0.05) is 12.1 Å². The van der Waals surface area contributed by atoms with E-state index in [2.05, 4.69) is 10.3 Å². The maximum absolute atomic E-state index is 12.5. The molecule has 2 amide bonds. The lowest BCUT2D eigenvalue weighted by Gasteiger charge is -2.16. The zero-order valence-electron chi connectivity index (χ0n) is 15.1. The summed E-state index contributed by atoms with van der Waals surface area (Å²) in [6.45, 7) is 5.15. The van der Waals surface area contributed by atoms with Crippen LogP contribution >= 0.6 is 0 Å². The number of aryl methyl sites for hydroxylation is 2. The summed E-state index contributed by atoms with van der Waals surface area (Å²) in [6, 6.07) is 9.15. The van der Waals surface area contributed by atoms with Crippen molar-refractivity contribution < 1.29 is 9.59 Å². The van der Waals surface area contributed by atoms with Crippen LogP contribution < -0.4 is 10.9 Å². The van der Waals surface area contributed by atoms with Gasteiger partial charge in [0, 0.05) is 42.9 Å². The van der Waals surface area contributed by atoms with Crippen molar-refractivity contribution in [1.29, 1.82) is 0 Å². The highest BCUT2D eigenvalue weighted by molar-refractivity contribution is 5.94. The molecule has 136 valence electrons. The first-order valence-corrected chi connectivity index (χ1v) is 8.78. The van der Waals surface area contributed by atoms with Crippen molar-refractivity contribution in [2.45, 2.75) is 39.8 Å². The molecule has 2 aromatic rings. The molecule has 1 aromatic carbocycles. The Morgan fingerprint density at radius 3 is 2.73 bits per heavy atom. The van der Waals surface area contributed by atoms with E-state index in [0.717, 1.165) is 29.8 Å². The average molecular weight is 353 g/mol. The number of pyridine rings is 1. The number of H-pyrrole nitrogens is 1. The van der Waals surface area contributed by atoms with Gasteiger partial charge in [0.05, 0.1) is 0 Å². The Bertz CT molecular complexity index is 901. The van der Waals surface area contributed by atoms with Crippen LogP contribution in [0, 0.1) is 13.8 Å². The number of aromatic amines is 1. The van der Waals surface area contributed by atoms with Crippen molar-refractivity contribution in [3.8, 4) is 0 Å². The average Bonchev–Trinajstić information content (AvgIpc) is 2.99. The smallest absolute Gasteiger partial charge is 0.253 e. The molecule has 3 rings (SSSR count). The number of aromatic nitrogens is 1. The van der Waals surface area contributed by atoms with Crippen molar-refractivity contribution in [1.82, 2.24) is 15.2 Å². The van der Waals surface area contributed by atoms with E-state index in [1.165, 1.54) is 0 Å². The van der Waals surface area contributed by atoms with Crippen molar-refractivity contribution in [3.05, 3.63) is 68.6 Å². The molecule has 1 aliphatic rings. The fourth-order valence-electron chi connectivity index (χ4n) is 3.27. The highest BCUT2D eigenvalue weighted by Gasteiger charge is 2.20. The third kappa shape index (κ3) is 4.02. The van der Waals surface area contributed by atoms with Crippen LogP contribution in [-0.2, 0) is 17.9 Å². The highest BCUT2D eigenvalue weighted by Crippen LogP contribution is 2.15. The number of benzene rings is 1. The number of carbonyl (C=O) groups is 2. The summed E-state index contributed by atoms with van der Waals surface area (Å²) in [6.07, 6.45) is 1.49. The molecule has 0 unspecified atom stereocenters. The standard InChI is InChI=1S/C20H23N3O3/c1-13-9-14(2)22-20(26)17(13)11-21-19(25)16-6-3-5-15(10-16)12-23-8-4-7-18(23)24/h3,5-6,9-10H,4,7-8,11-12H2,1-2H3,(H,21,25)(H,22,26). The normalized spacial score (nSPS) is 13.9. The Balaban J connectivity index is 1.68. The van der Waals surface area contributed by atoms with Crippen molar-refractivity contribution in [3.63, 3.8) is 0 Å². The molecule has 6 nitrogen and oxygen atoms in total. The minimum atomic E-state index is -0.237. The van der Waals surface area contributed by atoms with Crippen molar-refractivity contribution in [2.24, 2.45) is 0 Å². The lowest BCUT2D eigenvalue weighted by Crippen LogP contribution is -2.28. The molecule has 1 saturated heterocycles. The summed E-state index contributed by atoms with van der Waals surface area (Å²) in [7, 11) is 0. The van der Waals surface area contributed by atoms with E-state index in [1.54, 1.807) is 12.1 Å². The monoisotopic (exact) mass is 353 g/mol. The number of hydrogen-bond acceptors (Lipinski definition) is 3. The van der Waals surface area contributed by atoms with Gasteiger partial charge in [-0.05, 0) is 49.6 Å². The van der Waals surface area contributed by atoms with E-state index in [4.69, 9.17) is 0 Å².